The summed E-state index contributed by atoms with van der Waals surface area (Å²) in [4.78, 5) is 4.95. The molecule has 0 aromatic heterocycles. The third-order valence-corrected chi connectivity index (χ3v) is 6.23. The van der Waals surface area contributed by atoms with E-state index in [9.17, 15) is 0 Å². The van der Waals surface area contributed by atoms with Crippen LogP contribution in [0, 0.1) is 6.92 Å². The number of para-hydroxylation sites is 1. The lowest BCUT2D eigenvalue weighted by Crippen LogP contribution is -1.97. The summed E-state index contributed by atoms with van der Waals surface area (Å²) in [5.41, 5.74) is 10.2. The molecule has 3 N–H and O–H groups in total. The van der Waals surface area contributed by atoms with Crippen LogP contribution in [0.25, 0.3) is 0 Å². The number of nitrogen functional groups attached to an aromatic ring is 1. The first-order chi connectivity index (χ1) is 11.2. The van der Waals surface area contributed by atoms with Crippen LogP contribution in [0.15, 0.2) is 80.2 Å². The highest BCUT2D eigenvalue weighted by molar-refractivity contribution is 8.02. The van der Waals surface area contributed by atoms with Gasteiger partial charge < -0.3 is 11.1 Å². The molecule has 0 saturated carbocycles. The second-order valence-electron chi connectivity index (χ2n) is 5.48. The fourth-order valence-electron chi connectivity index (χ4n) is 2.54. The highest BCUT2D eigenvalue weighted by Crippen LogP contribution is 2.46. The average Bonchev–Trinajstić information content (AvgIpc) is 2.61. The van der Waals surface area contributed by atoms with E-state index in [1.807, 2.05) is 6.07 Å². The SMILES string of the molecule is Cc1cc2c(cc1N)Nc1ccccc1Sc1ccccc1S2. The smallest absolute Gasteiger partial charge is 0.0547 e. The van der Waals surface area contributed by atoms with Crippen molar-refractivity contribution in [3.63, 3.8) is 0 Å². The molecule has 0 amide bonds. The van der Waals surface area contributed by atoms with Crippen LogP contribution in [0.4, 0.5) is 17.1 Å². The fraction of sp³-hybridized carbons (Fsp3) is 0.0526. The maximum absolute atomic E-state index is 6.13. The topological polar surface area (TPSA) is 38.0 Å². The van der Waals surface area contributed by atoms with E-state index >= 15 is 0 Å². The first kappa shape index (κ1) is 14.5. The molecule has 1 aliphatic heterocycles. The van der Waals surface area contributed by atoms with Crippen molar-refractivity contribution in [1.29, 1.82) is 0 Å². The zero-order chi connectivity index (χ0) is 15.8. The average molecular weight is 336 g/mol. The Morgan fingerprint density at radius 3 is 2.09 bits per heavy atom. The summed E-state index contributed by atoms with van der Waals surface area (Å²) in [5.74, 6) is 0. The zero-order valence-corrected chi connectivity index (χ0v) is 14.3. The van der Waals surface area contributed by atoms with E-state index in [-0.39, 0.29) is 0 Å². The molecule has 0 aliphatic carbocycles. The van der Waals surface area contributed by atoms with Crippen LogP contribution in [0.5, 0.6) is 0 Å². The molecule has 4 rings (SSSR count). The predicted octanol–water partition coefficient (Wildman–Crippen LogP) is 5.94. The number of aryl methyl sites for hydroxylation is 1. The van der Waals surface area contributed by atoms with Gasteiger partial charge in [0.05, 0.1) is 11.4 Å². The van der Waals surface area contributed by atoms with Crippen molar-refractivity contribution in [2.45, 2.75) is 26.5 Å². The van der Waals surface area contributed by atoms with Gasteiger partial charge in [0.2, 0.25) is 0 Å². The maximum Gasteiger partial charge on any atom is 0.0547 e. The van der Waals surface area contributed by atoms with E-state index in [1.165, 1.54) is 19.6 Å². The van der Waals surface area contributed by atoms with E-state index in [1.54, 1.807) is 23.5 Å². The van der Waals surface area contributed by atoms with Gasteiger partial charge in [0.15, 0.2) is 0 Å². The number of nitrogens with one attached hydrogen (secondary N) is 1. The second-order valence-corrected chi connectivity index (χ2v) is 7.64. The Morgan fingerprint density at radius 2 is 1.35 bits per heavy atom. The highest BCUT2D eigenvalue weighted by Gasteiger charge is 2.16. The van der Waals surface area contributed by atoms with E-state index in [2.05, 4.69) is 66.8 Å². The molecule has 0 saturated heterocycles. The molecule has 2 nitrogen and oxygen atoms in total. The van der Waals surface area contributed by atoms with Crippen molar-refractivity contribution in [2.75, 3.05) is 11.1 Å². The Balaban J connectivity index is 1.96. The van der Waals surface area contributed by atoms with Crippen LogP contribution >= 0.6 is 23.5 Å². The molecule has 0 atom stereocenters. The van der Waals surface area contributed by atoms with E-state index in [0.29, 0.717) is 0 Å². The number of hydrogen-bond donors (Lipinski definition) is 2. The number of anilines is 3. The molecule has 0 spiro atoms. The normalized spacial score (nSPS) is 12.7. The van der Waals surface area contributed by atoms with Gasteiger partial charge in [0.25, 0.3) is 0 Å². The number of benzene rings is 3. The van der Waals surface area contributed by atoms with Crippen molar-refractivity contribution in [1.82, 2.24) is 0 Å². The number of hydrogen-bond acceptors (Lipinski definition) is 4. The summed E-state index contributed by atoms with van der Waals surface area (Å²) < 4.78 is 0. The number of nitrogens with two attached hydrogens (primary N) is 1. The molecule has 0 bridgehead atoms. The van der Waals surface area contributed by atoms with Crippen molar-refractivity contribution in [2.24, 2.45) is 0 Å². The van der Waals surface area contributed by atoms with Gasteiger partial charge in [-0.3, -0.25) is 0 Å². The Kier molecular flexibility index (Phi) is 3.71. The van der Waals surface area contributed by atoms with Gasteiger partial charge in [0, 0.05) is 25.3 Å². The summed E-state index contributed by atoms with van der Waals surface area (Å²) in [6.07, 6.45) is 0. The first-order valence-electron chi connectivity index (χ1n) is 7.41. The zero-order valence-electron chi connectivity index (χ0n) is 12.7. The third-order valence-electron chi connectivity index (χ3n) is 3.81. The molecule has 3 aromatic rings. The molecule has 3 aromatic carbocycles. The van der Waals surface area contributed by atoms with Crippen LogP contribution in [-0.2, 0) is 0 Å². The summed E-state index contributed by atoms with van der Waals surface area (Å²) in [6.45, 7) is 2.05. The lowest BCUT2D eigenvalue weighted by atomic mass is 10.2. The number of fused-ring (bicyclic) bond motifs is 3. The largest absolute Gasteiger partial charge is 0.398 e. The minimum Gasteiger partial charge on any atom is -0.398 e. The van der Waals surface area contributed by atoms with Gasteiger partial charge in [-0.25, -0.2) is 0 Å². The molecule has 23 heavy (non-hydrogen) atoms. The summed E-state index contributed by atoms with van der Waals surface area (Å²) in [6, 6.07) is 21.1. The Bertz CT molecular complexity index is 818. The molecular weight excluding hydrogens is 320 g/mol. The van der Waals surface area contributed by atoms with Gasteiger partial charge >= 0.3 is 0 Å². The summed E-state index contributed by atoms with van der Waals surface area (Å²) >= 11 is 3.58. The minimum atomic E-state index is 0.814. The maximum atomic E-state index is 6.13. The van der Waals surface area contributed by atoms with Crippen molar-refractivity contribution >= 4 is 40.6 Å². The first-order valence-corrected chi connectivity index (χ1v) is 9.05. The Hall–Kier alpha value is -2.04. The van der Waals surface area contributed by atoms with Crippen LogP contribution in [0.1, 0.15) is 5.56 Å². The van der Waals surface area contributed by atoms with Gasteiger partial charge in [-0.2, -0.15) is 0 Å². The van der Waals surface area contributed by atoms with Crippen LogP contribution in [0.3, 0.4) is 0 Å². The number of rotatable bonds is 0. The Labute approximate surface area is 144 Å². The molecule has 4 heteroatoms. The third kappa shape index (κ3) is 2.80. The van der Waals surface area contributed by atoms with E-state index < -0.39 is 0 Å². The molecule has 0 unspecified atom stereocenters. The summed E-state index contributed by atoms with van der Waals surface area (Å²) in [7, 11) is 0. The lowest BCUT2D eigenvalue weighted by Gasteiger charge is -2.14. The summed E-state index contributed by atoms with van der Waals surface area (Å²) in [5, 5.41) is 3.56. The van der Waals surface area contributed by atoms with Crippen LogP contribution in [0.2, 0.25) is 0 Å². The van der Waals surface area contributed by atoms with Crippen molar-refractivity contribution in [3.05, 3.63) is 66.2 Å². The second kappa shape index (κ2) is 5.87. The molecular formula is C19H16N2S2. The van der Waals surface area contributed by atoms with Crippen LogP contribution in [-0.4, -0.2) is 0 Å². The van der Waals surface area contributed by atoms with Gasteiger partial charge in [-0.15, -0.1) is 0 Å². The van der Waals surface area contributed by atoms with Crippen molar-refractivity contribution < 1.29 is 0 Å². The van der Waals surface area contributed by atoms with Crippen LogP contribution < -0.4 is 11.1 Å². The molecule has 0 radical (unpaired) electrons. The van der Waals surface area contributed by atoms with E-state index in [0.717, 1.165) is 22.6 Å². The van der Waals surface area contributed by atoms with Crippen molar-refractivity contribution in [3.8, 4) is 0 Å². The standard InChI is InChI=1S/C19H16N2S2/c1-12-10-19-15(11-13(12)20)21-14-6-2-3-7-16(14)22-17-8-4-5-9-18(17)23-19/h2-11,21H,20H2,1H3. The minimum absolute atomic E-state index is 0.814. The highest BCUT2D eigenvalue weighted by atomic mass is 32.2. The quantitative estimate of drug-likeness (QED) is 0.390. The lowest BCUT2D eigenvalue weighted by molar-refractivity contribution is 1.24. The predicted molar refractivity (Wildman–Crippen MR) is 100 cm³/mol. The molecule has 1 heterocycles. The molecule has 114 valence electrons. The van der Waals surface area contributed by atoms with Gasteiger partial charge in [0.1, 0.15) is 0 Å². The van der Waals surface area contributed by atoms with Gasteiger partial charge in [-0.05, 0) is 48.9 Å². The molecule has 1 aliphatic rings. The van der Waals surface area contributed by atoms with Gasteiger partial charge in [-0.1, -0.05) is 47.8 Å². The van der Waals surface area contributed by atoms with E-state index in [4.69, 9.17) is 5.73 Å². The molecule has 0 fully saturated rings. The monoisotopic (exact) mass is 336 g/mol. The fourth-order valence-corrected chi connectivity index (χ4v) is 4.73. The Morgan fingerprint density at radius 1 is 0.739 bits per heavy atom.